The van der Waals surface area contributed by atoms with Gasteiger partial charge in [0.15, 0.2) is 11.5 Å². The summed E-state index contributed by atoms with van der Waals surface area (Å²) in [6.07, 6.45) is 0. The average Bonchev–Trinajstić information content (AvgIpc) is 3.00. The maximum Gasteiger partial charge on any atom is 0.321 e. The van der Waals surface area contributed by atoms with E-state index < -0.39 is 0 Å². The third-order valence-electron chi connectivity index (χ3n) is 2.61. The smallest absolute Gasteiger partial charge is 0.321 e. The molecule has 9 heteroatoms. The molecule has 2 N–H and O–H groups in total. The van der Waals surface area contributed by atoms with Gasteiger partial charge < -0.3 is 14.8 Å². The Morgan fingerprint density at radius 2 is 2.27 bits per heavy atom. The molecule has 1 heterocycles. The quantitative estimate of drug-likeness (QED) is 0.843. The van der Waals surface area contributed by atoms with Crippen LogP contribution < -0.4 is 20.1 Å². The molecule has 0 saturated heterocycles. The van der Waals surface area contributed by atoms with E-state index in [4.69, 9.17) is 21.1 Å². The lowest BCUT2D eigenvalue weighted by Crippen LogP contribution is -2.28. The Balaban J connectivity index is 2.00. The number of nitrogens with one attached hydrogen (secondary N) is 2. The van der Waals surface area contributed by atoms with E-state index in [9.17, 15) is 4.79 Å². The Hall–Kier alpha value is -2.06. The first-order valence-electron chi connectivity index (χ1n) is 6.44. The molecule has 2 aromatic rings. The molecule has 0 unspecified atom stereocenters. The number of urea groups is 1. The number of anilines is 1. The number of carbonyl (C=O) groups excluding carboxylic acids is 1. The molecule has 0 aliphatic heterocycles. The Labute approximate surface area is 136 Å². The molecule has 2 amide bonds. The number of ether oxygens (including phenoxy) is 2. The number of methoxy groups -OCH3 is 1. The maximum absolute atomic E-state index is 11.7. The lowest BCUT2D eigenvalue weighted by atomic mass is 10.2. The fourth-order valence-corrected chi connectivity index (χ4v) is 2.44. The van der Waals surface area contributed by atoms with Crippen molar-refractivity contribution in [1.29, 1.82) is 0 Å². The van der Waals surface area contributed by atoms with Gasteiger partial charge in [-0.1, -0.05) is 22.9 Å². The summed E-state index contributed by atoms with van der Waals surface area (Å²) in [5.74, 6) is 1.02. The lowest BCUT2D eigenvalue weighted by molar-refractivity contribution is 0.251. The van der Waals surface area contributed by atoms with Crippen LogP contribution in [0.4, 0.5) is 9.93 Å². The van der Waals surface area contributed by atoms with Gasteiger partial charge in [-0.25, -0.2) is 4.79 Å². The largest absolute Gasteiger partial charge is 0.493 e. The molecule has 0 aliphatic rings. The zero-order valence-electron chi connectivity index (χ0n) is 12.1. The SMILES string of the molecule is CCOc1c(Cl)cc(CNC(=O)Nc2nncs2)cc1OC. The van der Waals surface area contributed by atoms with E-state index in [2.05, 4.69) is 20.8 Å². The van der Waals surface area contributed by atoms with Crippen LogP contribution in [-0.4, -0.2) is 29.9 Å². The number of nitrogens with zero attached hydrogens (tertiary/aromatic N) is 2. The normalized spacial score (nSPS) is 10.1. The van der Waals surface area contributed by atoms with E-state index in [-0.39, 0.29) is 12.6 Å². The molecule has 118 valence electrons. The van der Waals surface area contributed by atoms with Crippen LogP contribution in [0, 0.1) is 0 Å². The first kappa shape index (κ1) is 16.3. The van der Waals surface area contributed by atoms with E-state index >= 15 is 0 Å². The number of carbonyl (C=O) groups is 1. The maximum atomic E-state index is 11.7. The molecular weight excluding hydrogens is 328 g/mol. The molecule has 0 aliphatic carbocycles. The number of halogens is 1. The van der Waals surface area contributed by atoms with Crippen LogP contribution >= 0.6 is 22.9 Å². The first-order valence-corrected chi connectivity index (χ1v) is 7.70. The van der Waals surface area contributed by atoms with Gasteiger partial charge in [0.1, 0.15) is 5.51 Å². The van der Waals surface area contributed by atoms with Gasteiger partial charge in [0.25, 0.3) is 0 Å². The molecule has 22 heavy (non-hydrogen) atoms. The predicted molar refractivity (Wildman–Crippen MR) is 84.9 cm³/mol. The van der Waals surface area contributed by atoms with Gasteiger partial charge in [0, 0.05) is 6.54 Å². The second-order valence-electron chi connectivity index (χ2n) is 4.09. The molecule has 1 aromatic heterocycles. The highest BCUT2D eigenvalue weighted by atomic mass is 35.5. The standard InChI is InChI=1S/C13H15ClN4O3S/c1-3-21-11-9(14)4-8(5-10(11)20-2)6-15-12(19)17-13-18-16-7-22-13/h4-5,7H,3,6H2,1-2H3,(H2,15,17,18,19). The van der Waals surface area contributed by atoms with Crippen molar-refractivity contribution in [3.8, 4) is 11.5 Å². The van der Waals surface area contributed by atoms with Crippen molar-refractivity contribution >= 4 is 34.1 Å². The minimum atomic E-state index is -0.374. The number of hydrogen-bond acceptors (Lipinski definition) is 6. The zero-order valence-corrected chi connectivity index (χ0v) is 13.6. The minimum absolute atomic E-state index is 0.285. The Morgan fingerprint density at radius 3 is 2.91 bits per heavy atom. The van der Waals surface area contributed by atoms with Crippen LogP contribution in [0.5, 0.6) is 11.5 Å². The summed E-state index contributed by atoms with van der Waals surface area (Å²) in [4.78, 5) is 11.7. The summed E-state index contributed by atoms with van der Waals surface area (Å²) in [6, 6.07) is 3.11. The molecule has 2 rings (SSSR count). The number of rotatable bonds is 6. The molecule has 1 aromatic carbocycles. The fourth-order valence-electron chi connectivity index (χ4n) is 1.71. The average molecular weight is 343 g/mol. The van der Waals surface area contributed by atoms with Gasteiger partial charge in [-0.15, -0.1) is 10.2 Å². The summed E-state index contributed by atoms with van der Waals surface area (Å²) >= 11 is 7.41. The van der Waals surface area contributed by atoms with Gasteiger partial charge in [-0.05, 0) is 24.6 Å². The van der Waals surface area contributed by atoms with Crippen LogP contribution in [-0.2, 0) is 6.54 Å². The number of aromatic nitrogens is 2. The van der Waals surface area contributed by atoms with Gasteiger partial charge in [-0.3, -0.25) is 5.32 Å². The van der Waals surface area contributed by atoms with Crippen molar-refractivity contribution in [2.24, 2.45) is 0 Å². The highest BCUT2D eigenvalue weighted by Crippen LogP contribution is 2.36. The Morgan fingerprint density at radius 1 is 1.45 bits per heavy atom. The van der Waals surface area contributed by atoms with E-state index in [0.717, 1.165) is 5.56 Å². The topological polar surface area (TPSA) is 85.4 Å². The van der Waals surface area contributed by atoms with Crippen molar-refractivity contribution in [3.05, 3.63) is 28.2 Å². The summed E-state index contributed by atoms with van der Waals surface area (Å²) in [6.45, 7) is 2.63. The fraction of sp³-hybridized carbons (Fsp3) is 0.308. The second kappa shape index (κ2) is 7.81. The molecule has 0 atom stereocenters. The monoisotopic (exact) mass is 342 g/mol. The third kappa shape index (κ3) is 4.22. The third-order valence-corrected chi connectivity index (χ3v) is 3.50. The molecule has 0 spiro atoms. The number of benzene rings is 1. The van der Waals surface area contributed by atoms with Gasteiger partial charge in [0.05, 0.1) is 18.7 Å². The molecular formula is C13H15ClN4O3S. The van der Waals surface area contributed by atoms with Crippen LogP contribution in [0.1, 0.15) is 12.5 Å². The van der Waals surface area contributed by atoms with Crippen molar-refractivity contribution < 1.29 is 14.3 Å². The van der Waals surface area contributed by atoms with Crippen molar-refractivity contribution in [3.63, 3.8) is 0 Å². The van der Waals surface area contributed by atoms with Gasteiger partial charge >= 0.3 is 6.03 Å². The summed E-state index contributed by atoms with van der Waals surface area (Å²) in [5, 5.41) is 13.5. The highest BCUT2D eigenvalue weighted by molar-refractivity contribution is 7.13. The van der Waals surface area contributed by atoms with E-state index in [0.29, 0.717) is 28.3 Å². The van der Waals surface area contributed by atoms with E-state index in [1.807, 2.05) is 6.92 Å². The molecule has 0 saturated carbocycles. The highest BCUT2D eigenvalue weighted by Gasteiger charge is 2.12. The first-order chi connectivity index (χ1) is 10.6. The van der Waals surface area contributed by atoms with Crippen LogP contribution in [0.2, 0.25) is 5.02 Å². The lowest BCUT2D eigenvalue weighted by Gasteiger charge is -2.13. The predicted octanol–water partition coefficient (Wildman–Crippen LogP) is 2.92. The zero-order chi connectivity index (χ0) is 15.9. The summed E-state index contributed by atoms with van der Waals surface area (Å²) < 4.78 is 10.7. The minimum Gasteiger partial charge on any atom is -0.493 e. The van der Waals surface area contributed by atoms with E-state index in [1.54, 1.807) is 12.1 Å². The summed E-state index contributed by atoms with van der Waals surface area (Å²) in [5.41, 5.74) is 2.32. The number of hydrogen-bond donors (Lipinski definition) is 2. The van der Waals surface area contributed by atoms with Crippen LogP contribution in [0.3, 0.4) is 0 Å². The molecule has 0 radical (unpaired) electrons. The van der Waals surface area contributed by atoms with E-state index in [1.165, 1.54) is 24.0 Å². The Kier molecular flexibility index (Phi) is 5.79. The molecule has 0 bridgehead atoms. The molecule has 7 nitrogen and oxygen atoms in total. The van der Waals surface area contributed by atoms with Crippen LogP contribution in [0.25, 0.3) is 0 Å². The van der Waals surface area contributed by atoms with Crippen molar-refractivity contribution in [1.82, 2.24) is 15.5 Å². The van der Waals surface area contributed by atoms with Crippen molar-refractivity contribution in [2.45, 2.75) is 13.5 Å². The summed E-state index contributed by atoms with van der Waals surface area (Å²) in [7, 11) is 1.54. The number of amides is 2. The van der Waals surface area contributed by atoms with Crippen molar-refractivity contribution in [2.75, 3.05) is 19.0 Å². The van der Waals surface area contributed by atoms with Crippen LogP contribution in [0.15, 0.2) is 17.6 Å². The van der Waals surface area contributed by atoms with Gasteiger partial charge in [0.2, 0.25) is 5.13 Å². The Bertz CT molecular complexity index is 636. The van der Waals surface area contributed by atoms with Gasteiger partial charge in [-0.2, -0.15) is 0 Å². The molecule has 0 fully saturated rings. The second-order valence-corrected chi connectivity index (χ2v) is 5.33.